The topological polar surface area (TPSA) is 88.4 Å². The lowest BCUT2D eigenvalue weighted by Crippen LogP contribution is -2.44. The van der Waals surface area contributed by atoms with Gasteiger partial charge in [-0.1, -0.05) is 35.5 Å². The second-order valence-electron chi connectivity index (χ2n) is 8.20. The second-order valence-corrected chi connectivity index (χ2v) is 12.1. The summed E-state index contributed by atoms with van der Waals surface area (Å²) < 4.78 is 25.8. The summed E-state index contributed by atoms with van der Waals surface area (Å²) in [6.07, 6.45) is 2.69. The van der Waals surface area contributed by atoms with Crippen molar-refractivity contribution >= 4 is 45.1 Å². The van der Waals surface area contributed by atoms with E-state index in [0.29, 0.717) is 23.1 Å². The molecule has 0 aliphatic carbocycles. The number of rotatable bonds is 7. The minimum atomic E-state index is -3.07. The van der Waals surface area contributed by atoms with Crippen LogP contribution in [0.3, 0.4) is 0 Å². The number of para-hydroxylation sites is 1. The van der Waals surface area contributed by atoms with Gasteiger partial charge in [-0.3, -0.25) is 9.36 Å². The third kappa shape index (κ3) is 4.77. The lowest BCUT2D eigenvalue weighted by atomic mass is 10.2. The molecule has 2 atom stereocenters. The second kappa shape index (κ2) is 9.61. The van der Waals surface area contributed by atoms with Crippen molar-refractivity contribution < 1.29 is 13.2 Å². The molecule has 0 saturated carbocycles. The first kappa shape index (κ1) is 23.4. The SMILES string of the molecule is CCN(C(=O)[C@@H](C)Sc1nnc(N2CCCC2)n1-c1ccccc1Cl)[C@H]1CCS(=O)(=O)C1. The lowest BCUT2D eigenvalue weighted by molar-refractivity contribution is -0.131. The molecule has 0 unspecified atom stereocenters. The molecule has 1 aromatic carbocycles. The molecule has 4 rings (SSSR count). The molecule has 32 heavy (non-hydrogen) atoms. The molecule has 11 heteroatoms. The van der Waals surface area contributed by atoms with Crippen LogP contribution < -0.4 is 4.90 Å². The molecule has 0 spiro atoms. The van der Waals surface area contributed by atoms with Crippen LogP contribution in [0.25, 0.3) is 5.69 Å². The molecule has 0 bridgehead atoms. The van der Waals surface area contributed by atoms with E-state index in [9.17, 15) is 13.2 Å². The molecule has 2 saturated heterocycles. The fourth-order valence-corrected chi connectivity index (χ4v) is 7.24. The Labute approximate surface area is 198 Å². The maximum Gasteiger partial charge on any atom is 0.236 e. The molecule has 2 fully saturated rings. The van der Waals surface area contributed by atoms with Crippen LogP contribution in [-0.4, -0.2) is 76.4 Å². The fraction of sp³-hybridized carbons (Fsp3) is 0.571. The largest absolute Gasteiger partial charge is 0.341 e. The van der Waals surface area contributed by atoms with Gasteiger partial charge in [-0.05, 0) is 45.2 Å². The van der Waals surface area contributed by atoms with Crippen LogP contribution in [0.2, 0.25) is 5.02 Å². The van der Waals surface area contributed by atoms with E-state index in [-0.39, 0.29) is 23.5 Å². The molecule has 8 nitrogen and oxygen atoms in total. The van der Waals surface area contributed by atoms with Crippen molar-refractivity contribution in [3.05, 3.63) is 29.3 Å². The van der Waals surface area contributed by atoms with E-state index in [1.54, 1.807) is 4.90 Å². The van der Waals surface area contributed by atoms with Crippen molar-refractivity contribution in [2.24, 2.45) is 0 Å². The first-order valence-electron chi connectivity index (χ1n) is 10.9. The normalized spacial score (nSPS) is 21.1. The number of aromatic nitrogens is 3. The summed E-state index contributed by atoms with van der Waals surface area (Å²) in [7, 11) is -3.07. The molecule has 2 aromatic rings. The molecular weight excluding hydrogens is 470 g/mol. The number of amides is 1. The highest BCUT2D eigenvalue weighted by atomic mass is 35.5. The molecule has 2 aliphatic heterocycles. The minimum Gasteiger partial charge on any atom is -0.341 e. The van der Waals surface area contributed by atoms with Crippen molar-refractivity contribution in [3.8, 4) is 5.69 Å². The Bertz CT molecular complexity index is 1080. The van der Waals surface area contributed by atoms with E-state index in [0.717, 1.165) is 37.6 Å². The number of hydrogen-bond acceptors (Lipinski definition) is 7. The number of carbonyl (C=O) groups is 1. The smallest absolute Gasteiger partial charge is 0.236 e. The van der Waals surface area contributed by atoms with E-state index >= 15 is 0 Å². The summed E-state index contributed by atoms with van der Waals surface area (Å²) in [5.41, 5.74) is 0.775. The average Bonchev–Trinajstić information content (AvgIpc) is 3.49. The number of hydrogen-bond donors (Lipinski definition) is 0. The van der Waals surface area contributed by atoms with Crippen molar-refractivity contribution in [3.63, 3.8) is 0 Å². The van der Waals surface area contributed by atoms with Gasteiger partial charge in [-0.15, -0.1) is 10.2 Å². The van der Waals surface area contributed by atoms with Gasteiger partial charge in [-0.2, -0.15) is 0 Å². The highest BCUT2D eigenvalue weighted by Gasteiger charge is 2.36. The molecule has 3 heterocycles. The Hall–Kier alpha value is -1.78. The standard InChI is InChI=1S/C21H28ClN5O3S2/c1-3-26(16-10-13-32(29,30)14-16)19(28)15(2)31-21-24-23-20(25-11-6-7-12-25)27(21)18-9-5-4-8-17(18)22/h4-5,8-9,15-16H,3,6-7,10-14H2,1-2H3/t15-,16+/m1/s1. The first-order valence-corrected chi connectivity index (χ1v) is 14.0. The summed E-state index contributed by atoms with van der Waals surface area (Å²) in [5, 5.41) is 9.59. The zero-order valence-corrected chi connectivity index (χ0v) is 20.7. The molecule has 0 radical (unpaired) electrons. The Morgan fingerprint density at radius 3 is 2.62 bits per heavy atom. The van der Waals surface area contributed by atoms with Crippen LogP contribution in [0.4, 0.5) is 5.95 Å². The van der Waals surface area contributed by atoms with Crippen molar-refractivity contribution in [2.45, 2.75) is 49.6 Å². The summed E-state index contributed by atoms with van der Waals surface area (Å²) in [5.74, 6) is 0.824. The number of benzene rings is 1. The molecule has 0 N–H and O–H groups in total. The van der Waals surface area contributed by atoms with E-state index < -0.39 is 15.1 Å². The highest BCUT2D eigenvalue weighted by molar-refractivity contribution is 8.00. The van der Waals surface area contributed by atoms with Crippen LogP contribution in [0.5, 0.6) is 0 Å². The van der Waals surface area contributed by atoms with Gasteiger partial charge in [-0.25, -0.2) is 8.42 Å². The van der Waals surface area contributed by atoms with Crippen molar-refractivity contribution in [2.75, 3.05) is 36.0 Å². The number of thioether (sulfide) groups is 1. The van der Waals surface area contributed by atoms with Gasteiger partial charge in [0, 0.05) is 25.7 Å². The van der Waals surface area contributed by atoms with Gasteiger partial charge in [0.15, 0.2) is 15.0 Å². The number of halogens is 1. The van der Waals surface area contributed by atoms with E-state index in [4.69, 9.17) is 11.6 Å². The van der Waals surface area contributed by atoms with E-state index in [2.05, 4.69) is 15.1 Å². The molecule has 1 aromatic heterocycles. The predicted octanol–water partition coefficient (Wildman–Crippen LogP) is 3.04. The first-order chi connectivity index (χ1) is 15.3. The minimum absolute atomic E-state index is 0.0406. The maximum atomic E-state index is 13.3. The summed E-state index contributed by atoms with van der Waals surface area (Å²) in [6, 6.07) is 7.27. The predicted molar refractivity (Wildman–Crippen MR) is 128 cm³/mol. The van der Waals surface area contributed by atoms with Crippen molar-refractivity contribution in [1.82, 2.24) is 19.7 Å². The quantitative estimate of drug-likeness (QED) is 0.543. The molecule has 1 amide bonds. The van der Waals surface area contributed by atoms with E-state index in [1.807, 2.05) is 42.7 Å². The van der Waals surface area contributed by atoms with Crippen LogP contribution in [0.1, 0.15) is 33.1 Å². The number of nitrogens with zero attached hydrogens (tertiary/aromatic N) is 5. The fourth-order valence-electron chi connectivity index (χ4n) is 4.36. The zero-order chi connectivity index (χ0) is 22.9. The highest BCUT2D eigenvalue weighted by Crippen LogP contribution is 2.34. The van der Waals surface area contributed by atoms with Crippen LogP contribution in [0, 0.1) is 0 Å². The van der Waals surface area contributed by atoms with Crippen LogP contribution >= 0.6 is 23.4 Å². The third-order valence-electron chi connectivity index (χ3n) is 6.00. The Morgan fingerprint density at radius 1 is 1.28 bits per heavy atom. The van der Waals surface area contributed by atoms with Crippen molar-refractivity contribution in [1.29, 1.82) is 0 Å². The monoisotopic (exact) mass is 497 g/mol. The number of anilines is 1. The van der Waals surface area contributed by atoms with E-state index in [1.165, 1.54) is 11.8 Å². The molecule has 174 valence electrons. The average molecular weight is 498 g/mol. The molecular formula is C21H28ClN5O3S2. The number of sulfone groups is 1. The number of carbonyl (C=O) groups excluding carboxylic acids is 1. The Morgan fingerprint density at radius 2 is 2.00 bits per heavy atom. The van der Waals surface area contributed by atoms with Gasteiger partial charge in [0.25, 0.3) is 0 Å². The summed E-state index contributed by atoms with van der Waals surface area (Å²) in [4.78, 5) is 17.2. The summed E-state index contributed by atoms with van der Waals surface area (Å²) in [6.45, 7) is 6.00. The van der Waals surface area contributed by atoms with Gasteiger partial charge < -0.3 is 9.80 Å². The summed E-state index contributed by atoms with van der Waals surface area (Å²) >= 11 is 7.84. The lowest BCUT2D eigenvalue weighted by Gasteiger charge is -2.29. The third-order valence-corrected chi connectivity index (χ3v) is 9.10. The van der Waals surface area contributed by atoms with Gasteiger partial charge in [0.1, 0.15) is 0 Å². The molecule has 2 aliphatic rings. The van der Waals surface area contributed by atoms with Gasteiger partial charge in [0.2, 0.25) is 11.9 Å². The Balaban J connectivity index is 1.61. The van der Waals surface area contributed by atoms with Crippen LogP contribution in [0.15, 0.2) is 29.4 Å². The van der Waals surface area contributed by atoms with Gasteiger partial charge >= 0.3 is 0 Å². The zero-order valence-electron chi connectivity index (χ0n) is 18.3. The van der Waals surface area contributed by atoms with Gasteiger partial charge in [0.05, 0.1) is 27.5 Å². The van der Waals surface area contributed by atoms with Crippen LogP contribution in [-0.2, 0) is 14.6 Å². The Kier molecular flexibility index (Phi) is 7.02. The maximum absolute atomic E-state index is 13.3.